The molecule has 1 aliphatic rings. The van der Waals surface area contributed by atoms with Crippen molar-refractivity contribution in [3.05, 3.63) is 28.8 Å². The smallest absolute Gasteiger partial charge is 0.322 e. The number of amides is 2. The third kappa shape index (κ3) is 3.72. The zero-order chi connectivity index (χ0) is 16.1. The summed E-state index contributed by atoms with van der Waals surface area (Å²) >= 11 is 6.17. The first-order valence-corrected chi connectivity index (χ1v) is 7.91. The van der Waals surface area contributed by atoms with Crippen molar-refractivity contribution < 1.29 is 14.6 Å². The van der Waals surface area contributed by atoms with Crippen LogP contribution in [0, 0.1) is 5.92 Å². The number of nitrogens with zero attached hydrogens (tertiary/aromatic N) is 1. The Kier molecular flexibility index (Phi) is 6.06. The number of urea groups is 1. The number of anilines is 1. The number of carbonyl (C=O) groups excluding carboxylic acids is 1. The van der Waals surface area contributed by atoms with Gasteiger partial charge in [0.05, 0.1) is 19.3 Å². The number of aliphatic hydroxyl groups excluding tert-OH is 1. The fourth-order valence-corrected chi connectivity index (χ4v) is 3.16. The quantitative estimate of drug-likeness (QED) is 0.893. The molecule has 0 bridgehead atoms. The van der Waals surface area contributed by atoms with E-state index in [1.807, 2.05) is 0 Å². The van der Waals surface area contributed by atoms with E-state index >= 15 is 0 Å². The van der Waals surface area contributed by atoms with E-state index in [0.29, 0.717) is 29.8 Å². The Morgan fingerprint density at radius 2 is 2.32 bits per heavy atom. The lowest BCUT2D eigenvalue weighted by molar-refractivity contribution is 0.0811. The standard InChI is InChI=1S/C16H23ClN2O3/c1-11-5-4-8-19(15(11)9-20)16(21)18-14-7-3-6-13(17)12(14)10-22-2/h3,6-7,11,15,20H,4-5,8-10H2,1-2H3,(H,18,21)/t11-,15+/m0/s1. The maximum Gasteiger partial charge on any atom is 0.322 e. The van der Waals surface area contributed by atoms with E-state index in [2.05, 4.69) is 12.2 Å². The van der Waals surface area contributed by atoms with Crippen LogP contribution in [0.25, 0.3) is 0 Å². The number of hydrogen-bond donors (Lipinski definition) is 2. The van der Waals surface area contributed by atoms with Crippen LogP contribution in [0.4, 0.5) is 10.5 Å². The van der Waals surface area contributed by atoms with Crippen LogP contribution < -0.4 is 5.32 Å². The van der Waals surface area contributed by atoms with Gasteiger partial charge in [-0.15, -0.1) is 0 Å². The Hall–Kier alpha value is -1.30. The number of rotatable bonds is 4. The molecule has 0 radical (unpaired) electrons. The van der Waals surface area contributed by atoms with Crippen LogP contribution in [0.5, 0.6) is 0 Å². The first kappa shape index (κ1) is 17.1. The molecule has 2 N–H and O–H groups in total. The molecule has 2 amide bonds. The molecular formula is C16H23ClN2O3. The normalized spacial score (nSPS) is 21.7. The van der Waals surface area contributed by atoms with E-state index in [4.69, 9.17) is 16.3 Å². The van der Waals surface area contributed by atoms with Crippen molar-refractivity contribution in [3.63, 3.8) is 0 Å². The molecule has 0 unspecified atom stereocenters. The van der Waals surface area contributed by atoms with Crippen molar-refractivity contribution in [1.29, 1.82) is 0 Å². The molecule has 1 heterocycles. The van der Waals surface area contributed by atoms with Gasteiger partial charge in [-0.2, -0.15) is 0 Å². The summed E-state index contributed by atoms with van der Waals surface area (Å²) in [6, 6.07) is 5.02. The zero-order valence-electron chi connectivity index (χ0n) is 13.0. The molecule has 0 saturated carbocycles. The van der Waals surface area contributed by atoms with Crippen LogP contribution in [0.1, 0.15) is 25.3 Å². The zero-order valence-corrected chi connectivity index (χ0v) is 13.8. The molecule has 2 rings (SSSR count). The van der Waals surface area contributed by atoms with E-state index in [9.17, 15) is 9.90 Å². The molecule has 1 aromatic rings. The van der Waals surface area contributed by atoms with Crippen LogP contribution >= 0.6 is 11.6 Å². The molecule has 1 saturated heterocycles. The number of methoxy groups -OCH3 is 1. The maximum absolute atomic E-state index is 12.6. The van der Waals surface area contributed by atoms with Crippen molar-refractivity contribution in [2.45, 2.75) is 32.4 Å². The van der Waals surface area contributed by atoms with E-state index < -0.39 is 0 Å². The van der Waals surface area contributed by atoms with Gasteiger partial charge in [0.15, 0.2) is 0 Å². The number of likely N-dealkylation sites (tertiary alicyclic amines) is 1. The Morgan fingerprint density at radius 1 is 1.55 bits per heavy atom. The Bertz CT molecular complexity index is 524. The third-order valence-electron chi connectivity index (χ3n) is 4.21. The topological polar surface area (TPSA) is 61.8 Å². The molecule has 22 heavy (non-hydrogen) atoms. The lowest BCUT2D eigenvalue weighted by Gasteiger charge is -2.39. The van der Waals surface area contributed by atoms with E-state index in [1.54, 1.807) is 30.2 Å². The van der Waals surface area contributed by atoms with Gasteiger partial charge in [0.25, 0.3) is 0 Å². The summed E-state index contributed by atoms with van der Waals surface area (Å²) in [6.07, 6.45) is 1.98. The first-order valence-electron chi connectivity index (χ1n) is 7.53. The number of nitrogens with one attached hydrogen (secondary N) is 1. The molecule has 0 aromatic heterocycles. The molecule has 0 aliphatic carbocycles. The first-order chi connectivity index (χ1) is 10.6. The number of piperidine rings is 1. The largest absolute Gasteiger partial charge is 0.394 e. The van der Waals surface area contributed by atoms with Gasteiger partial charge in [-0.25, -0.2) is 4.79 Å². The summed E-state index contributed by atoms with van der Waals surface area (Å²) in [5.41, 5.74) is 1.40. The van der Waals surface area contributed by atoms with Crippen LogP contribution in [0.15, 0.2) is 18.2 Å². The second kappa shape index (κ2) is 7.81. The van der Waals surface area contributed by atoms with Gasteiger partial charge in [0.1, 0.15) is 0 Å². The summed E-state index contributed by atoms with van der Waals surface area (Å²) in [4.78, 5) is 14.3. The van der Waals surface area contributed by atoms with Crippen molar-refractivity contribution in [1.82, 2.24) is 4.90 Å². The van der Waals surface area contributed by atoms with Crippen LogP contribution in [0.2, 0.25) is 5.02 Å². The Labute approximate surface area is 136 Å². The lowest BCUT2D eigenvalue weighted by atomic mass is 9.91. The highest BCUT2D eigenvalue weighted by Crippen LogP contribution is 2.27. The van der Waals surface area contributed by atoms with E-state index in [0.717, 1.165) is 18.4 Å². The third-order valence-corrected chi connectivity index (χ3v) is 4.57. The lowest BCUT2D eigenvalue weighted by Crippen LogP contribution is -2.51. The number of carbonyl (C=O) groups is 1. The highest BCUT2D eigenvalue weighted by molar-refractivity contribution is 6.31. The molecule has 1 fully saturated rings. The summed E-state index contributed by atoms with van der Waals surface area (Å²) in [6.45, 7) is 3.03. The average Bonchev–Trinajstić information content (AvgIpc) is 2.50. The summed E-state index contributed by atoms with van der Waals surface area (Å²) in [5.74, 6) is 0.294. The molecule has 1 aromatic carbocycles. The van der Waals surface area contributed by atoms with Gasteiger partial charge in [-0.3, -0.25) is 0 Å². The monoisotopic (exact) mass is 326 g/mol. The van der Waals surface area contributed by atoms with Gasteiger partial charge in [0.2, 0.25) is 0 Å². The fraction of sp³-hybridized carbons (Fsp3) is 0.562. The van der Waals surface area contributed by atoms with Gasteiger partial charge in [0, 0.05) is 29.9 Å². The highest BCUT2D eigenvalue weighted by atomic mass is 35.5. The number of benzene rings is 1. The number of hydrogen-bond acceptors (Lipinski definition) is 3. The molecule has 5 nitrogen and oxygen atoms in total. The van der Waals surface area contributed by atoms with Crippen LogP contribution in [-0.2, 0) is 11.3 Å². The summed E-state index contributed by atoms with van der Waals surface area (Å²) in [5, 5.41) is 13.0. The molecule has 122 valence electrons. The van der Waals surface area contributed by atoms with E-state index in [1.165, 1.54) is 0 Å². The minimum atomic E-state index is -0.204. The summed E-state index contributed by atoms with van der Waals surface area (Å²) < 4.78 is 5.15. The number of halogens is 1. The van der Waals surface area contributed by atoms with E-state index in [-0.39, 0.29) is 18.7 Å². The van der Waals surface area contributed by atoms with Crippen molar-refractivity contribution in [3.8, 4) is 0 Å². The predicted octanol–water partition coefficient (Wildman–Crippen LogP) is 3.11. The van der Waals surface area contributed by atoms with Gasteiger partial charge in [-0.05, 0) is 30.9 Å². The SMILES string of the molecule is COCc1c(Cl)cccc1NC(=O)N1CCC[C@H](C)[C@H]1CO. The predicted molar refractivity (Wildman–Crippen MR) is 87.2 cm³/mol. The van der Waals surface area contributed by atoms with Crippen molar-refractivity contribution in [2.24, 2.45) is 5.92 Å². The Balaban J connectivity index is 2.16. The summed E-state index contributed by atoms with van der Waals surface area (Å²) in [7, 11) is 1.59. The second-order valence-electron chi connectivity index (χ2n) is 5.69. The molecular weight excluding hydrogens is 304 g/mol. The number of ether oxygens (including phenoxy) is 1. The maximum atomic E-state index is 12.6. The highest BCUT2D eigenvalue weighted by Gasteiger charge is 2.31. The van der Waals surface area contributed by atoms with Gasteiger partial charge >= 0.3 is 6.03 Å². The molecule has 1 aliphatic heterocycles. The minimum Gasteiger partial charge on any atom is -0.394 e. The van der Waals surface area contributed by atoms with Gasteiger partial charge in [-0.1, -0.05) is 24.6 Å². The van der Waals surface area contributed by atoms with Crippen molar-refractivity contribution >= 4 is 23.3 Å². The van der Waals surface area contributed by atoms with Crippen LogP contribution in [-0.4, -0.2) is 42.3 Å². The Morgan fingerprint density at radius 3 is 3.00 bits per heavy atom. The minimum absolute atomic E-state index is 0.0188. The number of aliphatic hydroxyl groups is 1. The molecule has 2 atom stereocenters. The van der Waals surface area contributed by atoms with Gasteiger partial charge < -0.3 is 20.1 Å². The molecule has 6 heteroatoms. The average molecular weight is 327 g/mol. The second-order valence-corrected chi connectivity index (χ2v) is 6.10. The van der Waals surface area contributed by atoms with Crippen molar-refractivity contribution in [2.75, 3.05) is 25.6 Å². The molecule has 0 spiro atoms. The fourth-order valence-electron chi connectivity index (χ4n) is 2.93. The van der Waals surface area contributed by atoms with Crippen LogP contribution in [0.3, 0.4) is 0 Å².